The monoisotopic (exact) mass is 287 g/mol. The molecule has 21 heavy (non-hydrogen) atoms. The van der Waals surface area contributed by atoms with Crippen LogP contribution in [0.2, 0.25) is 0 Å². The average molecular weight is 287 g/mol. The predicted octanol–water partition coefficient (Wildman–Crippen LogP) is 5.69. The van der Waals surface area contributed by atoms with E-state index in [0.29, 0.717) is 17.9 Å². The van der Waals surface area contributed by atoms with Gasteiger partial charge in [-0.15, -0.1) is 0 Å². The summed E-state index contributed by atoms with van der Waals surface area (Å²) in [7, 11) is 0. The third kappa shape index (κ3) is 5.30. The van der Waals surface area contributed by atoms with E-state index in [9.17, 15) is 0 Å². The highest BCUT2D eigenvalue weighted by Gasteiger charge is 2.15. The third-order valence-corrected chi connectivity index (χ3v) is 4.21. The van der Waals surface area contributed by atoms with Crippen molar-refractivity contribution in [1.82, 2.24) is 0 Å². The van der Waals surface area contributed by atoms with E-state index in [2.05, 4.69) is 66.0 Å². The van der Waals surface area contributed by atoms with E-state index in [-0.39, 0.29) is 0 Å². The van der Waals surface area contributed by atoms with Gasteiger partial charge >= 0.3 is 0 Å². The first-order valence-electron chi connectivity index (χ1n) is 8.65. The lowest BCUT2D eigenvalue weighted by Gasteiger charge is -2.20. The van der Waals surface area contributed by atoms with Gasteiger partial charge in [0.1, 0.15) is 0 Å². The van der Waals surface area contributed by atoms with Crippen molar-refractivity contribution in [2.45, 2.75) is 73.3 Å². The van der Waals surface area contributed by atoms with Gasteiger partial charge in [-0.3, -0.25) is 4.99 Å². The Bertz CT molecular complexity index is 435. The van der Waals surface area contributed by atoms with Crippen LogP contribution in [0.3, 0.4) is 0 Å². The summed E-state index contributed by atoms with van der Waals surface area (Å²) in [6.07, 6.45) is 6.91. The molecule has 0 aliphatic rings. The molecule has 0 heterocycles. The molecule has 0 saturated heterocycles. The van der Waals surface area contributed by atoms with Gasteiger partial charge in [0.05, 0.1) is 6.04 Å². The number of aliphatic imine (C=N–C) groups is 1. The summed E-state index contributed by atoms with van der Waals surface area (Å²) in [6.45, 7) is 13.6. The Labute approximate surface area is 131 Å². The molecule has 0 unspecified atom stereocenters. The van der Waals surface area contributed by atoms with Crippen LogP contribution < -0.4 is 0 Å². The van der Waals surface area contributed by atoms with Crippen LogP contribution in [0, 0.1) is 11.8 Å². The molecule has 0 aromatic heterocycles. The molecule has 118 valence electrons. The van der Waals surface area contributed by atoms with E-state index in [1.54, 1.807) is 0 Å². The lowest BCUT2D eigenvalue weighted by molar-refractivity contribution is 0.390. The van der Waals surface area contributed by atoms with Crippen molar-refractivity contribution in [2.75, 3.05) is 0 Å². The summed E-state index contributed by atoms with van der Waals surface area (Å²) < 4.78 is 0. The smallest absolute Gasteiger partial charge is 0.0545 e. The van der Waals surface area contributed by atoms with Crippen molar-refractivity contribution in [3.63, 3.8) is 0 Å². The zero-order chi connectivity index (χ0) is 15.8. The molecule has 0 atom stereocenters. The van der Waals surface area contributed by atoms with Gasteiger partial charge in [-0.1, -0.05) is 66.2 Å². The van der Waals surface area contributed by atoms with Gasteiger partial charge in [-0.05, 0) is 47.8 Å². The number of hydrogen-bond donors (Lipinski definition) is 0. The Morgan fingerprint density at radius 1 is 1.00 bits per heavy atom. The quantitative estimate of drug-likeness (QED) is 0.544. The maximum Gasteiger partial charge on any atom is 0.0545 e. The minimum atomic E-state index is 0.411. The van der Waals surface area contributed by atoms with Crippen LogP contribution in [-0.4, -0.2) is 12.3 Å². The molecular weight excluding hydrogens is 254 g/mol. The molecule has 1 aromatic rings. The van der Waals surface area contributed by atoms with Crippen LogP contribution >= 0.6 is 0 Å². The van der Waals surface area contributed by atoms with Crippen LogP contribution in [0.25, 0.3) is 0 Å². The molecule has 1 rings (SSSR count). The van der Waals surface area contributed by atoms with Crippen LogP contribution in [0.4, 0.5) is 0 Å². The second-order valence-electron chi connectivity index (χ2n) is 6.70. The lowest BCUT2D eigenvalue weighted by Crippen LogP contribution is -2.20. The van der Waals surface area contributed by atoms with E-state index in [1.165, 1.54) is 36.0 Å². The van der Waals surface area contributed by atoms with Gasteiger partial charge in [-0.2, -0.15) is 0 Å². The minimum absolute atomic E-state index is 0.411. The van der Waals surface area contributed by atoms with Gasteiger partial charge in [0, 0.05) is 6.21 Å². The number of unbranched alkanes of at least 4 members (excludes halogenated alkanes) is 1. The number of hydrogen-bond acceptors (Lipinski definition) is 1. The first-order chi connectivity index (χ1) is 10.0. The van der Waals surface area contributed by atoms with Crippen molar-refractivity contribution in [1.29, 1.82) is 0 Å². The molecule has 0 amide bonds. The summed E-state index contributed by atoms with van der Waals surface area (Å²) in [5.74, 6) is 1.18. The van der Waals surface area contributed by atoms with Crippen LogP contribution in [0.1, 0.15) is 71.1 Å². The van der Waals surface area contributed by atoms with Crippen molar-refractivity contribution in [3.05, 3.63) is 34.9 Å². The summed E-state index contributed by atoms with van der Waals surface area (Å²) >= 11 is 0. The highest BCUT2D eigenvalue weighted by Crippen LogP contribution is 2.19. The van der Waals surface area contributed by atoms with E-state index >= 15 is 0 Å². The Kier molecular flexibility index (Phi) is 7.71. The third-order valence-electron chi connectivity index (χ3n) is 4.21. The van der Waals surface area contributed by atoms with Gasteiger partial charge in [-0.25, -0.2) is 0 Å². The Morgan fingerprint density at radius 3 is 2.14 bits per heavy atom. The minimum Gasteiger partial charge on any atom is -0.289 e. The fourth-order valence-electron chi connectivity index (χ4n) is 3.00. The van der Waals surface area contributed by atoms with E-state index < -0.39 is 0 Å². The Balaban J connectivity index is 3.08. The maximum atomic E-state index is 4.95. The molecule has 0 bridgehead atoms. The zero-order valence-electron chi connectivity index (χ0n) is 14.8. The number of nitrogens with zero attached hydrogens (tertiary/aromatic N) is 1. The molecular formula is C20H33N. The second kappa shape index (κ2) is 9.02. The van der Waals surface area contributed by atoms with E-state index in [4.69, 9.17) is 4.99 Å². The average Bonchev–Trinajstić information content (AvgIpc) is 2.45. The molecule has 0 N–H and O–H groups in total. The van der Waals surface area contributed by atoms with Crippen LogP contribution in [-0.2, 0) is 12.8 Å². The largest absolute Gasteiger partial charge is 0.289 e. The first-order valence-corrected chi connectivity index (χ1v) is 8.65. The molecule has 0 spiro atoms. The topological polar surface area (TPSA) is 12.4 Å². The number of benzene rings is 1. The number of rotatable bonds is 8. The summed E-state index contributed by atoms with van der Waals surface area (Å²) in [5, 5.41) is 0. The molecule has 1 aromatic carbocycles. The van der Waals surface area contributed by atoms with Gasteiger partial charge in [0.2, 0.25) is 0 Å². The van der Waals surface area contributed by atoms with Crippen LogP contribution in [0.15, 0.2) is 23.2 Å². The summed E-state index contributed by atoms with van der Waals surface area (Å²) in [6, 6.07) is 7.13. The summed E-state index contributed by atoms with van der Waals surface area (Å²) in [5.41, 5.74) is 4.27. The fraction of sp³-hybridized carbons (Fsp3) is 0.650. The van der Waals surface area contributed by atoms with Gasteiger partial charge in [0.25, 0.3) is 0 Å². The molecule has 1 heteroatoms. The lowest BCUT2D eigenvalue weighted by atomic mass is 9.93. The van der Waals surface area contributed by atoms with Crippen molar-refractivity contribution in [2.24, 2.45) is 16.8 Å². The molecule has 1 nitrogen and oxygen atoms in total. The van der Waals surface area contributed by atoms with Gasteiger partial charge < -0.3 is 0 Å². The Hall–Kier alpha value is -1.11. The fourth-order valence-corrected chi connectivity index (χ4v) is 3.00. The van der Waals surface area contributed by atoms with Crippen LogP contribution in [0.5, 0.6) is 0 Å². The normalized spacial score (nSPS) is 12.2. The van der Waals surface area contributed by atoms with Crippen molar-refractivity contribution in [3.8, 4) is 0 Å². The molecule has 0 aliphatic heterocycles. The predicted molar refractivity (Wildman–Crippen MR) is 95.5 cm³/mol. The summed E-state index contributed by atoms with van der Waals surface area (Å²) in [4.78, 5) is 4.95. The van der Waals surface area contributed by atoms with Crippen molar-refractivity contribution >= 4 is 6.21 Å². The molecule has 0 saturated carbocycles. The Morgan fingerprint density at radius 2 is 1.62 bits per heavy atom. The van der Waals surface area contributed by atoms with E-state index in [1.807, 2.05) is 0 Å². The highest BCUT2D eigenvalue weighted by atomic mass is 14.8. The SMILES string of the molecule is CCCCc1cccc(CC)c1/C=N/C(C(C)C)C(C)C. The molecule has 0 fully saturated rings. The van der Waals surface area contributed by atoms with E-state index in [0.717, 1.165) is 6.42 Å². The second-order valence-corrected chi connectivity index (χ2v) is 6.70. The number of aryl methyl sites for hydroxylation is 2. The van der Waals surface area contributed by atoms with Crippen molar-refractivity contribution < 1.29 is 0 Å². The molecule has 0 aliphatic carbocycles. The maximum absolute atomic E-state index is 4.95. The molecule has 0 radical (unpaired) electrons. The zero-order valence-corrected chi connectivity index (χ0v) is 14.8. The standard InChI is InChI=1S/C20H33N/c1-7-9-11-18-13-10-12-17(8-2)19(18)14-21-20(15(3)4)16(5)6/h10,12-16,20H,7-9,11H2,1-6H3/b21-14+. The first kappa shape index (κ1) is 17.9. The highest BCUT2D eigenvalue weighted by molar-refractivity contribution is 5.84. The van der Waals surface area contributed by atoms with Gasteiger partial charge in [0.15, 0.2) is 0 Å².